The molecule has 0 aliphatic rings. The van der Waals surface area contributed by atoms with Gasteiger partial charge in [-0.1, -0.05) is 0 Å². The maximum Gasteiger partial charge on any atom is 0.0795 e. The summed E-state index contributed by atoms with van der Waals surface area (Å²) >= 11 is 1.62. The average Bonchev–Trinajstić information content (AvgIpc) is 2.53. The Balaban J connectivity index is 2.22. The molecule has 1 aromatic heterocycles. The molecule has 0 unspecified atom stereocenters. The monoisotopic (exact) mass is 200 g/mol. The van der Waals surface area contributed by atoms with Crippen LogP contribution in [-0.2, 0) is 6.54 Å². The predicted octanol–water partition coefficient (Wildman–Crippen LogP) is 1.35. The van der Waals surface area contributed by atoms with Crippen LogP contribution in [0.5, 0.6) is 0 Å². The standard InChI is InChI=1S/C9H16N2OS/c1-8(12)3-4-11(2)5-9-6-13-7-10-9/h6-8,12H,3-5H2,1-2H3/t8-/m0/s1. The van der Waals surface area contributed by atoms with E-state index < -0.39 is 0 Å². The Morgan fingerprint density at radius 1 is 1.69 bits per heavy atom. The molecule has 0 aliphatic carbocycles. The molecule has 1 heterocycles. The van der Waals surface area contributed by atoms with Crippen molar-refractivity contribution in [1.82, 2.24) is 9.88 Å². The van der Waals surface area contributed by atoms with E-state index in [1.807, 2.05) is 19.5 Å². The number of aliphatic hydroxyl groups excluding tert-OH is 1. The van der Waals surface area contributed by atoms with Crippen molar-refractivity contribution >= 4 is 11.3 Å². The first kappa shape index (κ1) is 10.6. The molecule has 4 heteroatoms. The second-order valence-corrected chi connectivity index (χ2v) is 4.07. The molecule has 1 atom stereocenters. The lowest BCUT2D eigenvalue weighted by Crippen LogP contribution is -2.22. The number of hydrogen-bond donors (Lipinski definition) is 1. The molecule has 13 heavy (non-hydrogen) atoms. The molecule has 0 fully saturated rings. The van der Waals surface area contributed by atoms with E-state index in [1.54, 1.807) is 11.3 Å². The lowest BCUT2D eigenvalue weighted by molar-refractivity contribution is 0.162. The summed E-state index contributed by atoms with van der Waals surface area (Å²) in [6, 6.07) is 0. The minimum absolute atomic E-state index is 0.210. The number of aliphatic hydroxyl groups is 1. The SMILES string of the molecule is C[C@H](O)CCN(C)Cc1cscn1. The summed E-state index contributed by atoms with van der Waals surface area (Å²) in [6.45, 7) is 3.60. The molecule has 0 saturated heterocycles. The van der Waals surface area contributed by atoms with E-state index in [2.05, 4.69) is 15.3 Å². The molecule has 1 rings (SSSR count). The molecule has 0 spiro atoms. The summed E-state index contributed by atoms with van der Waals surface area (Å²) < 4.78 is 0. The van der Waals surface area contributed by atoms with Crippen molar-refractivity contribution < 1.29 is 5.11 Å². The molecule has 74 valence electrons. The Morgan fingerprint density at radius 2 is 2.46 bits per heavy atom. The van der Waals surface area contributed by atoms with E-state index in [0.717, 1.165) is 25.2 Å². The van der Waals surface area contributed by atoms with Gasteiger partial charge in [0.2, 0.25) is 0 Å². The van der Waals surface area contributed by atoms with Crippen molar-refractivity contribution in [2.45, 2.75) is 26.0 Å². The van der Waals surface area contributed by atoms with Gasteiger partial charge in [0.15, 0.2) is 0 Å². The van der Waals surface area contributed by atoms with Gasteiger partial charge in [-0.2, -0.15) is 0 Å². The van der Waals surface area contributed by atoms with Crippen LogP contribution in [0.15, 0.2) is 10.9 Å². The van der Waals surface area contributed by atoms with Crippen molar-refractivity contribution in [3.05, 3.63) is 16.6 Å². The van der Waals surface area contributed by atoms with Gasteiger partial charge >= 0.3 is 0 Å². The third-order valence-electron chi connectivity index (χ3n) is 1.84. The number of nitrogens with zero attached hydrogens (tertiary/aromatic N) is 2. The van der Waals surface area contributed by atoms with Crippen LogP contribution in [0.4, 0.5) is 0 Å². The zero-order valence-corrected chi connectivity index (χ0v) is 8.92. The van der Waals surface area contributed by atoms with Gasteiger partial charge in [-0.15, -0.1) is 11.3 Å². The van der Waals surface area contributed by atoms with Crippen molar-refractivity contribution in [1.29, 1.82) is 0 Å². The molecule has 0 saturated carbocycles. The van der Waals surface area contributed by atoms with Crippen molar-refractivity contribution in [3.8, 4) is 0 Å². The lowest BCUT2D eigenvalue weighted by atomic mass is 10.3. The van der Waals surface area contributed by atoms with Crippen LogP contribution in [0.25, 0.3) is 0 Å². The Morgan fingerprint density at radius 3 is 3.00 bits per heavy atom. The largest absolute Gasteiger partial charge is 0.393 e. The number of hydrogen-bond acceptors (Lipinski definition) is 4. The third-order valence-corrected chi connectivity index (χ3v) is 2.48. The van der Waals surface area contributed by atoms with Gasteiger partial charge in [0.1, 0.15) is 0 Å². The first-order chi connectivity index (χ1) is 6.18. The molecular formula is C9H16N2OS. The van der Waals surface area contributed by atoms with Crippen molar-refractivity contribution in [2.24, 2.45) is 0 Å². The molecule has 1 N–H and O–H groups in total. The molecule has 1 aromatic rings. The van der Waals surface area contributed by atoms with E-state index in [-0.39, 0.29) is 6.10 Å². The van der Waals surface area contributed by atoms with Gasteiger partial charge in [0.05, 0.1) is 17.3 Å². The van der Waals surface area contributed by atoms with Gasteiger partial charge in [-0.25, -0.2) is 4.98 Å². The topological polar surface area (TPSA) is 36.4 Å². The van der Waals surface area contributed by atoms with Crippen LogP contribution in [0, 0.1) is 0 Å². The highest BCUT2D eigenvalue weighted by Gasteiger charge is 2.03. The first-order valence-electron chi connectivity index (χ1n) is 4.42. The fraction of sp³-hybridized carbons (Fsp3) is 0.667. The minimum Gasteiger partial charge on any atom is -0.393 e. The Labute approximate surface area is 83.0 Å². The minimum atomic E-state index is -0.210. The highest BCUT2D eigenvalue weighted by Crippen LogP contribution is 2.04. The summed E-state index contributed by atoms with van der Waals surface area (Å²) in [4.78, 5) is 6.37. The lowest BCUT2D eigenvalue weighted by Gasteiger charge is -2.15. The molecular weight excluding hydrogens is 184 g/mol. The van der Waals surface area contributed by atoms with Crippen molar-refractivity contribution in [2.75, 3.05) is 13.6 Å². The molecule has 0 radical (unpaired) electrons. The maximum absolute atomic E-state index is 9.09. The van der Waals surface area contributed by atoms with Gasteiger partial charge in [0.25, 0.3) is 0 Å². The summed E-state index contributed by atoms with van der Waals surface area (Å²) in [5.74, 6) is 0. The average molecular weight is 200 g/mol. The third kappa shape index (κ3) is 4.36. The van der Waals surface area contributed by atoms with Gasteiger partial charge in [-0.05, 0) is 20.4 Å². The smallest absolute Gasteiger partial charge is 0.0795 e. The second kappa shape index (κ2) is 5.32. The summed E-state index contributed by atoms with van der Waals surface area (Å²) in [5.41, 5.74) is 2.95. The first-order valence-corrected chi connectivity index (χ1v) is 5.36. The van der Waals surface area contributed by atoms with E-state index >= 15 is 0 Å². The van der Waals surface area contributed by atoms with E-state index in [0.29, 0.717) is 0 Å². The summed E-state index contributed by atoms with van der Waals surface area (Å²) in [5, 5.41) is 11.1. The van der Waals surface area contributed by atoms with E-state index in [9.17, 15) is 0 Å². The van der Waals surface area contributed by atoms with Crippen LogP contribution in [0.1, 0.15) is 19.0 Å². The number of rotatable bonds is 5. The second-order valence-electron chi connectivity index (χ2n) is 3.36. The molecule has 0 aromatic carbocycles. The summed E-state index contributed by atoms with van der Waals surface area (Å²) in [6.07, 6.45) is 0.610. The van der Waals surface area contributed by atoms with Gasteiger partial charge in [0, 0.05) is 18.5 Å². The fourth-order valence-electron chi connectivity index (χ4n) is 1.08. The van der Waals surface area contributed by atoms with Crippen LogP contribution >= 0.6 is 11.3 Å². The molecule has 3 nitrogen and oxygen atoms in total. The maximum atomic E-state index is 9.09. The van der Waals surface area contributed by atoms with Gasteiger partial charge in [-0.3, -0.25) is 0 Å². The van der Waals surface area contributed by atoms with E-state index in [4.69, 9.17) is 5.11 Å². The fourth-order valence-corrected chi connectivity index (χ4v) is 1.63. The van der Waals surface area contributed by atoms with Crippen molar-refractivity contribution in [3.63, 3.8) is 0 Å². The van der Waals surface area contributed by atoms with Crippen LogP contribution in [0.2, 0.25) is 0 Å². The summed E-state index contributed by atoms with van der Waals surface area (Å²) in [7, 11) is 2.04. The number of aromatic nitrogens is 1. The molecule has 0 bridgehead atoms. The number of thiazole rings is 1. The Bertz CT molecular complexity index is 224. The highest BCUT2D eigenvalue weighted by molar-refractivity contribution is 7.07. The Hall–Kier alpha value is -0.450. The molecule has 0 amide bonds. The molecule has 0 aliphatic heterocycles. The van der Waals surface area contributed by atoms with Crippen LogP contribution in [-0.4, -0.2) is 34.7 Å². The van der Waals surface area contributed by atoms with Crippen LogP contribution in [0.3, 0.4) is 0 Å². The quantitative estimate of drug-likeness (QED) is 0.779. The van der Waals surface area contributed by atoms with Crippen LogP contribution < -0.4 is 0 Å². The predicted molar refractivity (Wildman–Crippen MR) is 54.7 cm³/mol. The Kier molecular flexibility index (Phi) is 4.35. The normalized spacial score (nSPS) is 13.5. The zero-order chi connectivity index (χ0) is 9.68. The van der Waals surface area contributed by atoms with E-state index in [1.165, 1.54) is 0 Å². The van der Waals surface area contributed by atoms with Gasteiger partial charge < -0.3 is 10.0 Å². The zero-order valence-electron chi connectivity index (χ0n) is 8.10. The highest BCUT2D eigenvalue weighted by atomic mass is 32.1.